The zero-order valence-electron chi connectivity index (χ0n) is 13.3. The van der Waals surface area contributed by atoms with Gasteiger partial charge in [-0.2, -0.15) is 4.39 Å². The average Bonchev–Trinajstić information content (AvgIpc) is 2.51. The van der Waals surface area contributed by atoms with Gasteiger partial charge in [0.25, 0.3) is 0 Å². The summed E-state index contributed by atoms with van der Waals surface area (Å²) >= 11 is 0. The fourth-order valence-electron chi connectivity index (χ4n) is 2.94. The number of amides is 1. The molecule has 0 aromatic heterocycles. The first-order valence-electron chi connectivity index (χ1n) is 7.89. The highest BCUT2D eigenvalue weighted by atomic mass is 19.1. The summed E-state index contributed by atoms with van der Waals surface area (Å²) in [6, 6.07) is 3.20. The van der Waals surface area contributed by atoms with Gasteiger partial charge in [0.1, 0.15) is 0 Å². The third kappa shape index (κ3) is 4.48. The molecule has 1 saturated carbocycles. The molecule has 0 heterocycles. The highest BCUT2D eigenvalue weighted by Gasteiger charge is 2.25. The van der Waals surface area contributed by atoms with E-state index < -0.39 is 22.5 Å². The summed E-state index contributed by atoms with van der Waals surface area (Å²) in [7, 11) is 0. The predicted molar refractivity (Wildman–Crippen MR) is 85.7 cm³/mol. The molecular weight excluding hydrogens is 301 g/mol. The van der Waals surface area contributed by atoms with Crippen LogP contribution in [0, 0.1) is 21.8 Å². The zero-order valence-corrected chi connectivity index (χ0v) is 13.3. The first-order chi connectivity index (χ1) is 10.9. The molecule has 0 radical (unpaired) electrons. The van der Waals surface area contributed by atoms with Crippen molar-refractivity contribution in [2.45, 2.75) is 51.6 Å². The van der Waals surface area contributed by atoms with Crippen LogP contribution < -0.4 is 10.6 Å². The van der Waals surface area contributed by atoms with Crippen LogP contribution in [0.5, 0.6) is 0 Å². The molecule has 23 heavy (non-hydrogen) atoms. The molecular formula is C16H22FN3O3. The van der Waals surface area contributed by atoms with Gasteiger partial charge in [-0.25, -0.2) is 0 Å². The monoisotopic (exact) mass is 323 g/mol. The van der Waals surface area contributed by atoms with Crippen molar-refractivity contribution in [2.24, 2.45) is 5.92 Å². The topological polar surface area (TPSA) is 84.3 Å². The molecule has 6 nitrogen and oxygen atoms in total. The summed E-state index contributed by atoms with van der Waals surface area (Å²) in [6.45, 7) is 3.93. The quantitative estimate of drug-likeness (QED) is 0.643. The van der Waals surface area contributed by atoms with Gasteiger partial charge < -0.3 is 10.6 Å². The van der Waals surface area contributed by atoms with Crippen molar-refractivity contribution in [3.05, 3.63) is 34.1 Å². The van der Waals surface area contributed by atoms with Gasteiger partial charge in [0, 0.05) is 17.8 Å². The van der Waals surface area contributed by atoms with Crippen LogP contribution in [0.25, 0.3) is 0 Å². The summed E-state index contributed by atoms with van der Waals surface area (Å²) in [5.74, 6) is -0.690. The lowest BCUT2D eigenvalue weighted by Gasteiger charge is -2.31. The number of nitrogens with one attached hydrogen (secondary N) is 2. The predicted octanol–water partition coefficient (Wildman–Crippen LogP) is 3.23. The number of hydrogen-bond acceptors (Lipinski definition) is 4. The lowest BCUT2D eigenvalue weighted by Crippen LogP contribution is -2.47. The second-order valence-corrected chi connectivity index (χ2v) is 6.17. The number of benzene rings is 1. The van der Waals surface area contributed by atoms with Crippen molar-refractivity contribution in [3.8, 4) is 0 Å². The maximum atomic E-state index is 13.3. The number of anilines is 1. The molecule has 126 valence electrons. The fraction of sp³-hybridized carbons (Fsp3) is 0.562. The third-order valence-electron chi connectivity index (χ3n) is 4.38. The number of nitro groups is 1. The smallest absolute Gasteiger partial charge is 0.306 e. The Morgan fingerprint density at radius 2 is 2.09 bits per heavy atom. The van der Waals surface area contributed by atoms with Gasteiger partial charge in [0.05, 0.1) is 11.0 Å². The van der Waals surface area contributed by atoms with Crippen LogP contribution in [0.15, 0.2) is 18.2 Å². The standard InChI is InChI=1S/C16H22FN3O3/c1-10-5-3-4-6-14(10)18-11(2)16(21)19-12-7-8-13(17)15(9-12)20(22)23/h7-11,14,18H,3-6H2,1-2H3,(H,19,21)/t10-,11-,14+/m0/s1. The Balaban J connectivity index is 1.98. The normalized spacial score (nSPS) is 22.4. The minimum Gasteiger partial charge on any atom is -0.324 e. The molecule has 2 N–H and O–H groups in total. The summed E-state index contributed by atoms with van der Waals surface area (Å²) in [5, 5.41) is 16.6. The summed E-state index contributed by atoms with van der Waals surface area (Å²) in [6.07, 6.45) is 4.57. The Morgan fingerprint density at radius 3 is 2.74 bits per heavy atom. The SMILES string of the molecule is C[C@H](N[C@@H]1CCCC[C@@H]1C)C(=O)Nc1ccc(F)c([N+](=O)[O-])c1. The van der Waals surface area contributed by atoms with E-state index in [-0.39, 0.29) is 11.6 Å². The lowest BCUT2D eigenvalue weighted by atomic mass is 9.85. The lowest BCUT2D eigenvalue weighted by molar-refractivity contribution is -0.387. The van der Waals surface area contributed by atoms with E-state index in [0.29, 0.717) is 12.0 Å². The molecule has 1 fully saturated rings. The van der Waals surface area contributed by atoms with E-state index in [0.717, 1.165) is 31.4 Å². The Labute approximate surface area is 134 Å². The van der Waals surface area contributed by atoms with Crippen molar-refractivity contribution in [3.63, 3.8) is 0 Å². The van der Waals surface area contributed by atoms with E-state index in [2.05, 4.69) is 17.6 Å². The van der Waals surface area contributed by atoms with Crippen molar-refractivity contribution in [1.29, 1.82) is 0 Å². The summed E-state index contributed by atoms with van der Waals surface area (Å²) in [4.78, 5) is 22.1. The van der Waals surface area contributed by atoms with Gasteiger partial charge >= 0.3 is 5.69 Å². The van der Waals surface area contributed by atoms with Gasteiger partial charge in [-0.3, -0.25) is 14.9 Å². The van der Waals surface area contributed by atoms with E-state index in [4.69, 9.17) is 0 Å². The summed E-state index contributed by atoms with van der Waals surface area (Å²) < 4.78 is 13.3. The maximum absolute atomic E-state index is 13.3. The molecule has 1 aromatic carbocycles. The van der Waals surface area contributed by atoms with Gasteiger partial charge in [-0.05, 0) is 37.8 Å². The van der Waals surface area contributed by atoms with Crippen molar-refractivity contribution >= 4 is 17.3 Å². The van der Waals surface area contributed by atoms with E-state index in [1.165, 1.54) is 12.5 Å². The number of nitrogens with zero attached hydrogens (tertiary/aromatic N) is 1. The van der Waals surface area contributed by atoms with Gasteiger partial charge in [0.15, 0.2) is 0 Å². The first-order valence-corrected chi connectivity index (χ1v) is 7.89. The number of halogens is 1. The van der Waals surface area contributed by atoms with Crippen LogP contribution in [-0.2, 0) is 4.79 Å². The Bertz CT molecular complexity index is 594. The van der Waals surface area contributed by atoms with Crippen molar-refractivity contribution in [1.82, 2.24) is 5.32 Å². The molecule has 1 aromatic rings. The Kier molecular flexibility index (Phi) is 5.65. The van der Waals surface area contributed by atoms with Crippen LogP contribution in [0.2, 0.25) is 0 Å². The molecule has 0 aliphatic heterocycles. The van der Waals surface area contributed by atoms with Gasteiger partial charge in [0.2, 0.25) is 11.7 Å². The van der Waals surface area contributed by atoms with Crippen LogP contribution >= 0.6 is 0 Å². The van der Waals surface area contributed by atoms with Gasteiger partial charge in [-0.1, -0.05) is 19.8 Å². The molecule has 0 spiro atoms. The molecule has 0 unspecified atom stereocenters. The first kappa shape index (κ1) is 17.3. The number of carbonyl (C=O) groups excluding carboxylic acids is 1. The number of carbonyl (C=O) groups is 1. The van der Waals surface area contributed by atoms with Crippen LogP contribution in [0.1, 0.15) is 39.5 Å². The number of rotatable bonds is 5. The Hall–Kier alpha value is -2.02. The van der Waals surface area contributed by atoms with E-state index in [1.807, 2.05) is 0 Å². The molecule has 7 heteroatoms. The molecule has 1 amide bonds. The third-order valence-corrected chi connectivity index (χ3v) is 4.38. The minimum atomic E-state index is -0.921. The molecule has 3 atom stereocenters. The summed E-state index contributed by atoms with van der Waals surface area (Å²) in [5.41, 5.74) is -0.433. The molecule has 1 aliphatic rings. The molecule has 0 saturated heterocycles. The highest BCUT2D eigenvalue weighted by Crippen LogP contribution is 2.24. The van der Waals surface area contributed by atoms with Crippen molar-refractivity contribution in [2.75, 3.05) is 5.32 Å². The van der Waals surface area contributed by atoms with Crippen LogP contribution in [0.4, 0.5) is 15.8 Å². The largest absolute Gasteiger partial charge is 0.324 e. The molecule has 1 aliphatic carbocycles. The second kappa shape index (κ2) is 7.50. The maximum Gasteiger partial charge on any atom is 0.306 e. The van der Waals surface area contributed by atoms with Gasteiger partial charge in [-0.15, -0.1) is 0 Å². The fourth-order valence-corrected chi connectivity index (χ4v) is 2.94. The van der Waals surface area contributed by atoms with E-state index in [1.54, 1.807) is 6.92 Å². The minimum absolute atomic E-state index is 0.216. The van der Waals surface area contributed by atoms with E-state index >= 15 is 0 Å². The van der Waals surface area contributed by atoms with Crippen LogP contribution in [-0.4, -0.2) is 22.9 Å². The number of nitro benzene ring substituents is 1. The number of hydrogen-bond donors (Lipinski definition) is 2. The highest BCUT2D eigenvalue weighted by molar-refractivity contribution is 5.94. The van der Waals surface area contributed by atoms with Crippen molar-refractivity contribution < 1.29 is 14.1 Å². The van der Waals surface area contributed by atoms with E-state index in [9.17, 15) is 19.3 Å². The zero-order chi connectivity index (χ0) is 17.0. The van der Waals surface area contributed by atoms with Crippen LogP contribution in [0.3, 0.4) is 0 Å². The second-order valence-electron chi connectivity index (χ2n) is 6.17. The average molecular weight is 323 g/mol. The molecule has 2 rings (SSSR count). The molecule has 0 bridgehead atoms. The Morgan fingerprint density at radius 1 is 1.39 bits per heavy atom.